The van der Waals surface area contributed by atoms with Crippen LogP contribution in [0.2, 0.25) is 0 Å². The lowest BCUT2D eigenvalue weighted by molar-refractivity contribution is -0.138. The molecule has 1 saturated heterocycles. The predicted octanol–water partition coefficient (Wildman–Crippen LogP) is 2.90. The van der Waals surface area contributed by atoms with Crippen molar-refractivity contribution in [1.82, 2.24) is 4.98 Å². The molecule has 1 amide bonds. The number of alkyl halides is 3. The number of carbonyl (C=O) groups is 1. The summed E-state index contributed by atoms with van der Waals surface area (Å²) < 4.78 is 113. The number of nitrogens with zero attached hydrogens (tertiary/aromatic N) is 2. The number of amides is 1. The predicted molar refractivity (Wildman–Crippen MR) is 128 cm³/mol. The molecule has 0 N–H and O–H groups in total. The van der Waals surface area contributed by atoms with Crippen LogP contribution in [0.5, 0.6) is 0 Å². The Bertz CT molecular complexity index is 1570. The first-order valence-electron chi connectivity index (χ1n) is 10.8. The summed E-state index contributed by atoms with van der Waals surface area (Å²) in [6.45, 7) is 2.62. The summed E-state index contributed by atoms with van der Waals surface area (Å²) in [6.07, 6.45) is -3.07. The number of pyridine rings is 1. The summed E-state index contributed by atoms with van der Waals surface area (Å²) in [5, 5.41) is 0. The highest BCUT2D eigenvalue weighted by Gasteiger charge is 2.46. The third-order valence-electron chi connectivity index (χ3n) is 6.46. The summed E-state index contributed by atoms with van der Waals surface area (Å²) in [4.78, 5) is 16.4. The highest BCUT2D eigenvalue weighted by molar-refractivity contribution is 7.93. The van der Waals surface area contributed by atoms with Gasteiger partial charge in [-0.25, -0.2) is 30.2 Å². The monoisotopic (exact) mass is 582 g/mol. The number of sulfone groups is 3. The van der Waals surface area contributed by atoms with E-state index < -0.39 is 68.5 Å². The molecule has 2 aromatic rings. The van der Waals surface area contributed by atoms with E-state index in [0.717, 1.165) is 17.2 Å². The molecule has 1 aliphatic rings. The molecule has 15 heteroatoms. The highest BCUT2D eigenvalue weighted by Crippen LogP contribution is 2.41. The lowest BCUT2D eigenvalue weighted by Crippen LogP contribution is -2.49. The molecule has 0 aliphatic carbocycles. The molecular formula is C22H25F3N2O7S3. The fourth-order valence-electron chi connectivity index (χ4n) is 4.11. The molecule has 1 fully saturated rings. The second kappa shape index (κ2) is 9.34. The van der Waals surface area contributed by atoms with Gasteiger partial charge in [-0.15, -0.1) is 0 Å². The normalized spacial score (nSPS) is 18.2. The van der Waals surface area contributed by atoms with Crippen LogP contribution in [0, 0.1) is 5.92 Å². The third-order valence-corrected chi connectivity index (χ3v) is 11.3. The van der Waals surface area contributed by atoms with Crippen LogP contribution in [-0.2, 0) is 40.5 Å². The lowest BCUT2D eigenvalue weighted by Gasteiger charge is -2.39. The van der Waals surface area contributed by atoms with E-state index in [1.807, 2.05) is 0 Å². The van der Waals surface area contributed by atoms with Gasteiger partial charge in [-0.2, -0.15) is 13.2 Å². The molecule has 3 rings (SSSR count). The highest BCUT2D eigenvalue weighted by atomic mass is 32.2. The Morgan fingerprint density at radius 2 is 1.54 bits per heavy atom. The number of carbonyl (C=O) groups excluding carboxylic acids is 1. The van der Waals surface area contributed by atoms with Crippen LogP contribution in [0.4, 0.5) is 19.0 Å². The number of aromatic nitrogens is 1. The van der Waals surface area contributed by atoms with Crippen molar-refractivity contribution >= 4 is 41.2 Å². The first-order chi connectivity index (χ1) is 16.7. The first kappa shape index (κ1) is 29.0. The van der Waals surface area contributed by atoms with Crippen molar-refractivity contribution in [2.24, 2.45) is 5.92 Å². The van der Waals surface area contributed by atoms with Gasteiger partial charge in [0.2, 0.25) is 5.91 Å². The largest absolute Gasteiger partial charge is 0.417 e. The third kappa shape index (κ3) is 5.67. The Morgan fingerprint density at radius 3 is 2.05 bits per heavy atom. The number of piperidine rings is 1. The van der Waals surface area contributed by atoms with Crippen LogP contribution in [0.15, 0.2) is 51.2 Å². The number of benzene rings is 1. The zero-order valence-electron chi connectivity index (χ0n) is 20.3. The number of anilines is 1. The molecule has 1 aromatic carbocycles. The van der Waals surface area contributed by atoms with E-state index >= 15 is 0 Å². The van der Waals surface area contributed by atoms with E-state index in [2.05, 4.69) is 4.98 Å². The minimum Gasteiger partial charge on any atom is -0.296 e. The minimum atomic E-state index is -4.85. The van der Waals surface area contributed by atoms with Crippen LogP contribution in [0.25, 0.3) is 0 Å². The average molecular weight is 583 g/mol. The van der Waals surface area contributed by atoms with Crippen molar-refractivity contribution in [3.63, 3.8) is 0 Å². The van der Waals surface area contributed by atoms with E-state index in [4.69, 9.17) is 0 Å². The zero-order valence-corrected chi connectivity index (χ0v) is 22.7. The molecule has 204 valence electrons. The molecule has 0 spiro atoms. The van der Waals surface area contributed by atoms with Crippen LogP contribution >= 0.6 is 0 Å². The molecule has 1 aliphatic heterocycles. The molecule has 2 heterocycles. The van der Waals surface area contributed by atoms with Gasteiger partial charge in [-0.3, -0.25) is 9.69 Å². The number of rotatable bonds is 6. The SMILES string of the molecule is CC(C)([C@@H]1CCN(c2ncc(C(F)(F)F)cc2S(C)(=O)=O)C(=O)C1)S(=O)(=O)c1cccc(S(C)(=O)=O)c1. The fraction of sp³-hybridized carbons (Fsp3) is 0.455. The van der Waals surface area contributed by atoms with Gasteiger partial charge < -0.3 is 0 Å². The molecule has 1 atom stereocenters. The number of halogens is 3. The van der Waals surface area contributed by atoms with Gasteiger partial charge in [0.1, 0.15) is 4.90 Å². The Balaban J connectivity index is 1.95. The Labute approximate surface area is 213 Å². The van der Waals surface area contributed by atoms with E-state index in [9.17, 15) is 43.2 Å². The summed E-state index contributed by atoms with van der Waals surface area (Å²) in [7, 11) is -12.0. The molecule has 9 nitrogen and oxygen atoms in total. The van der Waals surface area contributed by atoms with Crippen LogP contribution in [0.1, 0.15) is 32.3 Å². The molecular weight excluding hydrogens is 557 g/mol. The zero-order chi connectivity index (χ0) is 28.2. The molecule has 1 aromatic heterocycles. The smallest absolute Gasteiger partial charge is 0.296 e. The maximum atomic E-state index is 13.5. The summed E-state index contributed by atoms with van der Waals surface area (Å²) >= 11 is 0. The van der Waals surface area contributed by atoms with Gasteiger partial charge >= 0.3 is 6.18 Å². The van der Waals surface area contributed by atoms with Gasteiger partial charge in [0.25, 0.3) is 0 Å². The van der Waals surface area contributed by atoms with E-state index in [1.54, 1.807) is 0 Å². The molecule has 0 unspecified atom stereocenters. The number of hydrogen-bond acceptors (Lipinski definition) is 8. The Hall–Kier alpha value is -2.52. The van der Waals surface area contributed by atoms with Gasteiger partial charge in [-0.05, 0) is 50.5 Å². The standard InChI is InChI=1S/C22H25F3N2O7S3/c1-21(2,37(33,34)17-7-5-6-16(12-17)35(3,29)30)14-8-9-27(19(28)11-14)20-18(36(4,31)32)10-15(13-26-20)22(23,24)25/h5-7,10,12-14H,8-9,11H2,1-4H3/t14-/m1/s1. The van der Waals surface area contributed by atoms with Gasteiger partial charge in [0.05, 0.1) is 20.1 Å². The second-order valence-corrected chi connectivity index (χ2v) is 15.9. The van der Waals surface area contributed by atoms with E-state index in [-0.39, 0.29) is 29.2 Å². The van der Waals surface area contributed by atoms with Crippen molar-refractivity contribution in [3.8, 4) is 0 Å². The van der Waals surface area contributed by atoms with Crippen molar-refractivity contribution < 1.29 is 43.2 Å². The van der Waals surface area contributed by atoms with Crippen LogP contribution in [0.3, 0.4) is 0 Å². The van der Waals surface area contributed by atoms with Crippen molar-refractivity contribution in [3.05, 3.63) is 42.1 Å². The first-order valence-corrected chi connectivity index (χ1v) is 16.1. The average Bonchev–Trinajstić information content (AvgIpc) is 2.77. The maximum Gasteiger partial charge on any atom is 0.417 e. The van der Waals surface area contributed by atoms with Crippen molar-refractivity contribution in [2.75, 3.05) is 24.0 Å². The molecule has 37 heavy (non-hydrogen) atoms. The molecule has 0 bridgehead atoms. The Kier molecular flexibility index (Phi) is 7.33. The van der Waals surface area contributed by atoms with Gasteiger partial charge in [0.15, 0.2) is 35.3 Å². The summed E-state index contributed by atoms with van der Waals surface area (Å²) in [6, 6.07) is 5.29. The number of hydrogen-bond donors (Lipinski definition) is 0. The maximum absolute atomic E-state index is 13.5. The second-order valence-electron chi connectivity index (χ2n) is 9.40. The Morgan fingerprint density at radius 1 is 0.946 bits per heavy atom. The minimum absolute atomic E-state index is 0.0651. The van der Waals surface area contributed by atoms with E-state index in [1.165, 1.54) is 32.0 Å². The van der Waals surface area contributed by atoms with Crippen LogP contribution < -0.4 is 4.90 Å². The molecule has 0 radical (unpaired) electrons. The van der Waals surface area contributed by atoms with Crippen molar-refractivity contribution in [1.29, 1.82) is 0 Å². The fourth-order valence-corrected chi connectivity index (χ4v) is 7.48. The topological polar surface area (TPSA) is 136 Å². The van der Waals surface area contributed by atoms with Crippen molar-refractivity contribution in [2.45, 2.75) is 52.3 Å². The summed E-state index contributed by atoms with van der Waals surface area (Å²) in [5.41, 5.74) is -1.29. The quantitative estimate of drug-likeness (QED) is 0.507. The van der Waals surface area contributed by atoms with E-state index in [0.29, 0.717) is 18.5 Å². The van der Waals surface area contributed by atoms with Crippen LogP contribution in [-0.4, -0.2) is 59.9 Å². The lowest BCUT2D eigenvalue weighted by atomic mass is 9.85. The summed E-state index contributed by atoms with van der Waals surface area (Å²) in [5.74, 6) is -1.93. The van der Waals surface area contributed by atoms with Gasteiger partial charge in [-0.1, -0.05) is 6.07 Å². The molecule has 0 saturated carbocycles. The van der Waals surface area contributed by atoms with Gasteiger partial charge in [0, 0.05) is 31.7 Å².